The number of benzene rings is 1. The Morgan fingerprint density at radius 2 is 2.19 bits per heavy atom. The van der Waals surface area contributed by atoms with Gasteiger partial charge in [-0.2, -0.15) is 0 Å². The minimum Gasteiger partial charge on any atom is -0.389 e. The average molecular weight is 358 g/mol. The van der Waals surface area contributed by atoms with E-state index in [1.54, 1.807) is 0 Å². The van der Waals surface area contributed by atoms with Crippen LogP contribution in [0.15, 0.2) is 28.7 Å². The van der Waals surface area contributed by atoms with Gasteiger partial charge in [-0.15, -0.1) is 0 Å². The molecule has 1 saturated heterocycles. The van der Waals surface area contributed by atoms with Crippen LogP contribution in [0.4, 0.5) is 0 Å². The van der Waals surface area contributed by atoms with Crippen molar-refractivity contribution in [2.24, 2.45) is 0 Å². The fourth-order valence-corrected chi connectivity index (χ4v) is 2.75. The predicted molar refractivity (Wildman–Crippen MR) is 86.3 cm³/mol. The Kier molecular flexibility index (Phi) is 7.13. The molecule has 0 saturated carbocycles. The molecule has 2 atom stereocenters. The fourth-order valence-electron chi connectivity index (χ4n) is 2.49. The van der Waals surface area contributed by atoms with Gasteiger partial charge in [-0.3, -0.25) is 4.90 Å². The first-order valence-electron chi connectivity index (χ1n) is 7.44. The summed E-state index contributed by atoms with van der Waals surface area (Å²) in [6.45, 7) is 3.21. The van der Waals surface area contributed by atoms with Crippen molar-refractivity contribution in [2.45, 2.75) is 31.6 Å². The number of aliphatic hydroxyl groups excluding tert-OH is 1. The second kappa shape index (κ2) is 8.86. The third kappa shape index (κ3) is 6.45. The molecule has 4 nitrogen and oxygen atoms in total. The zero-order valence-corrected chi connectivity index (χ0v) is 14.1. The van der Waals surface area contributed by atoms with Gasteiger partial charge in [0.05, 0.1) is 25.4 Å². The van der Waals surface area contributed by atoms with Crippen molar-refractivity contribution in [1.29, 1.82) is 0 Å². The largest absolute Gasteiger partial charge is 0.389 e. The Labute approximate surface area is 135 Å². The number of ether oxygens (including phenoxy) is 2. The number of hydrogen-bond donors (Lipinski definition) is 1. The Balaban J connectivity index is 1.62. The first kappa shape index (κ1) is 16.9. The molecule has 1 heterocycles. The van der Waals surface area contributed by atoms with Gasteiger partial charge in [-0.1, -0.05) is 28.1 Å². The summed E-state index contributed by atoms with van der Waals surface area (Å²) in [5.74, 6) is 0. The van der Waals surface area contributed by atoms with Crippen molar-refractivity contribution in [1.82, 2.24) is 4.90 Å². The quantitative estimate of drug-likeness (QED) is 0.775. The molecule has 21 heavy (non-hydrogen) atoms. The lowest BCUT2D eigenvalue weighted by atomic mass is 10.2. The average Bonchev–Trinajstić information content (AvgIpc) is 2.94. The maximum Gasteiger partial charge on any atom is 0.0900 e. The molecular weight excluding hydrogens is 334 g/mol. The van der Waals surface area contributed by atoms with Crippen molar-refractivity contribution in [3.05, 3.63) is 34.3 Å². The molecule has 118 valence electrons. The highest BCUT2D eigenvalue weighted by molar-refractivity contribution is 9.10. The van der Waals surface area contributed by atoms with Crippen LogP contribution in [0.3, 0.4) is 0 Å². The van der Waals surface area contributed by atoms with Crippen molar-refractivity contribution < 1.29 is 14.6 Å². The van der Waals surface area contributed by atoms with Gasteiger partial charge >= 0.3 is 0 Å². The summed E-state index contributed by atoms with van der Waals surface area (Å²) >= 11 is 3.43. The number of hydrogen-bond acceptors (Lipinski definition) is 4. The van der Waals surface area contributed by atoms with E-state index in [0.717, 1.165) is 30.5 Å². The van der Waals surface area contributed by atoms with E-state index < -0.39 is 6.10 Å². The van der Waals surface area contributed by atoms with E-state index in [4.69, 9.17) is 9.47 Å². The molecule has 0 aliphatic carbocycles. The zero-order chi connectivity index (χ0) is 15.1. The minimum absolute atomic E-state index is 0.220. The van der Waals surface area contributed by atoms with E-state index in [2.05, 4.69) is 33.0 Å². The van der Waals surface area contributed by atoms with E-state index in [9.17, 15) is 5.11 Å². The van der Waals surface area contributed by atoms with Crippen LogP contribution in [0.2, 0.25) is 0 Å². The van der Waals surface area contributed by atoms with Gasteiger partial charge in [0.1, 0.15) is 0 Å². The van der Waals surface area contributed by atoms with E-state index in [1.165, 1.54) is 5.56 Å². The maximum atomic E-state index is 10.0. The van der Waals surface area contributed by atoms with E-state index in [-0.39, 0.29) is 6.10 Å². The molecule has 0 amide bonds. The summed E-state index contributed by atoms with van der Waals surface area (Å²) in [6, 6.07) is 8.23. The fraction of sp³-hybridized carbons (Fsp3) is 0.625. The normalized spacial score (nSPS) is 20.1. The van der Waals surface area contributed by atoms with Crippen LogP contribution in [0.25, 0.3) is 0 Å². The summed E-state index contributed by atoms with van der Waals surface area (Å²) in [7, 11) is 2.01. The molecule has 1 N–H and O–H groups in total. The number of aliphatic hydroxyl groups is 1. The van der Waals surface area contributed by atoms with E-state index >= 15 is 0 Å². The molecule has 1 aliphatic heterocycles. The molecule has 1 aromatic rings. The number of likely N-dealkylation sites (N-methyl/N-ethyl adjacent to an activating group) is 1. The Bertz CT molecular complexity index is 406. The molecule has 0 aromatic heterocycles. The summed E-state index contributed by atoms with van der Waals surface area (Å²) in [4.78, 5) is 2.10. The zero-order valence-electron chi connectivity index (χ0n) is 12.5. The summed E-state index contributed by atoms with van der Waals surface area (Å²) in [6.07, 6.45) is 1.94. The number of nitrogens with zero attached hydrogens (tertiary/aromatic N) is 1. The van der Waals surface area contributed by atoms with Crippen molar-refractivity contribution in [3.63, 3.8) is 0 Å². The second-order valence-corrected chi connectivity index (χ2v) is 6.57. The lowest BCUT2D eigenvalue weighted by Crippen LogP contribution is -2.32. The van der Waals surface area contributed by atoms with Crippen LogP contribution in [0.5, 0.6) is 0 Å². The summed E-state index contributed by atoms with van der Waals surface area (Å²) in [5, 5.41) is 10.0. The van der Waals surface area contributed by atoms with Gasteiger partial charge in [-0.05, 0) is 37.6 Å². The highest BCUT2D eigenvalue weighted by Gasteiger charge is 2.16. The standard InChI is InChI=1S/C16H24BrNO3/c1-18(9-13-4-6-14(17)7-5-13)10-15(19)11-20-12-16-3-2-8-21-16/h4-7,15-16,19H,2-3,8-12H2,1H3. The molecule has 2 rings (SSSR count). The van der Waals surface area contributed by atoms with Crippen LogP contribution < -0.4 is 0 Å². The van der Waals surface area contributed by atoms with Gasteiger partial charge < -0.3 is 14.6 Å². The van der Waals surface area contributed by atoms with Crippen molar-refractivity contribution in [2.75, 3.05) is 33.4 Å². The monoisotopic (exact) mass is 357 g/mol. The number of rotatable bonds is 8. The molecule has 1 aliphatic rings. The predicted octanol–water partition coefficient (Wildman–Crippen LogP) is 2.44. The van der Waals surface area contributed by atoms with Crippen LogP contribution in [-0.4, -0.2) is 55.6 Å². The van der Waals surface area contributed by atoms with Gasteiger partial charge in [0.25, 0.3) is 0 Å². The van der Waals surface area contributed by atoms with Gasteiger partial charge in [0.15, 0.2) is 0 Å². The van der Waals surface area contributed by atoms with Crippen LogP contribution in [0, 0.1) is 0 Å². The molecule has 2 unspecified atom stereocenters. The smallest absolute Gasteiger partial charge is 0.0900 e. The summed E-state index contributed by atoms with van der Waals surface area (Å²) < 4.78 is 12.1. The highest BCUT2D eigenvalue weighted by Crippen LogP contribution is 2.13. The Hall–Kier alpha value is -0.460. The third-order valence-corrected chi connectivity index (χ3v) is 4.05. The SMILES string of the molecule is CN(Cc1ccc(Br)cc1)CC(O)COCC1CCCO1. The van der Waals surface area contributed by atoms with E-state index in [0.29, 0.717) is 19.8 Å². The first-order valence-corrected chi connectivity index (χ1v) is 8.23. The van der Waals surface area contributed by atoms with Crippen LogP contribution >= 0.6 is 15.9 Å². The van der Waals surface area contributed by atoms with Gasteiger partial charge in [0, 0.05) is 24.2 Å². The maximum absolute atomic E-state index is 10.0. The molecule has 1 fully saturated rings. The highest BCUT2D eigenvalue weighted by atomic mass is 79.9. The second-order valence-electron chi connectivity index (χ2n) is 5.65. The summed E-state index contributed by atoms with van der Waals surface area (Å²) in [5.41, 5.74) is 1.23. The van der Waals surface area contributed by atoms with Crippen LogP contribution in [0.1, 0.15) is 18.4 Å². The Morgan fingerprint density at radius 3 is 2.86 bits per heavy atom. The van der Waals surface area contributed by atoms with Gasteiger partial charge in [-0.25, -0.2) is 0 Å². The van der Waals surface area contributed by atoms with Crippen molar-refractivity contribution >= 4 is 15.9 Å². The minimum atomic E-state index is -0.466. The van der Waals surface area contributed by atoms with E-state index in [1.807, 2.05) is 19.2 Å². The molecule has 0 bridgehead atoms. The Morgan fingerprint density at radius 1 is 1.43 bits per heavy atom. The van der Waals surface area contributed by atoms with Gasteiger partial charge in [0.2, 0.25) is 0 Å². The molecule has 0 radical (unpaired) electrons. The molecule has 5 heteroatoms. The van der Waals surface area contributed by atoms with Crippen molar-refractivity contribution in [3.8, 4) is 0 Å². The topological polar surface area (TPSA) is 41.9 Å². The first-order chi connectivity index (χ1) is 10.1. The third-order valence-electron chi connectivity index (χ3n) is 3.53. The lowest BCUT2D eigenvalue weighted by molar-refractivity contribution is -0.0238. The molecule has 0 spiro atoms. The lowest BCUT2D eigenvalue weighted by Gasteiger charge is -2.21. The molecule has 1 aromatic carbocycles. The number of halogens is 1. The molecular formula is C16H24BrNO3. The van der Waals surface area contributed by atoms with Crippen LogP contribution in [-0.2, 0) is 16.0 Å².